The zero-order valence-electron chi connectivity index (χ0n) is 8.60. The van der Waals surface area contributed by atoms with Gasteiger partial charge < -0.3 is 10.5 Å². The van der Waals surface area contributed by atoms with Crippen molar-refractivity contribution in [3.05, 3.63) is 35.9 Å². The van der Waals surface area contributed by atoms with Crippen molar-refractivity contribution < 1.29 is 4.74 Å². The van der Waals surface area contributed by atoms with Gasteiger partial charge in [-0.25, -0.2) is 0 Å². The minimum Gasteiger partial charge on any atom is -0.371 e. The maximum Gasteiger partial charge on any atom is 0.0825 e. The smallest absolute Gasteiger partial charge is 0.0825 e. The molecule has 1 aromatic rings. The van der Waals surface area contributed by atoms with Gasteiger partial charge in [0.05, 0.1) is 17.6 Å². The summed E-state index contributed by atoms with van der Waals surface area (Å²) in [7, 11) is 0. The third-order valence-electron chi connectivity index (χ3n) is 2.17. The van der Waals surface area contributed by atoms with Gasteiger partial charge in [0.1, 0.15) is 0 Å². The quantitative estimate of drug-likeness (QED) is 0.591. The van der Waals surface area contributed by atoms with Gasteiger partial charge in [-0.3, -0.25) is 0 Å². The summed E-state index contributed by atoms with van der Waals surface area (Å²) in [4.78, 5) is -0.589. The molecule has 1 aromatic carbocycles. The highest BCUT2D eigenvalue weighted by atomic mass is 32.1. The van der Waals surface area contributed by atoms with E-state index in [-0.39, 0.29) is 6.10 Å². The molecule has 2 nitrogen and oxygen atoms in total. The van der Waals surface area contributed by atoms with Crippen LogP contribution in [0.2, 0.25) is 0 Å². The molecule has 0 aliphatic heterocycles. The van der Waals surface area contributed by atoms with Crippen LogP contribution in [0.3, 0.4) is 0 Å². The summed E-state index contributed by atoms with van der Waals surface area (Å²) in [6.45, 7) is 4.34. The van der Waals surface area contributed by atoms with Gasteiger partial charge in [0.15, 0.2) is 0 Å². The van der Waals surface area contributed by atoms with E-state index in [4.69, 9.17) is 10.5 Å². The monoisotopic (exact) mass is 211 g/mol. The molecule has 0 bridgehead atoms. The first-order valence-corrected chi connectivity index (χ1v) is 5.11. The van der Waals surface area contributed by atoms with E-state index in [0.717, 1.165) is 5.56 Å². The van der Waals surface area contributed by atoms with Crippen molar-refractivity contribution in [2.75, 3.05) is 0 Å². The molecule has 1 rings (SSSR count). The SMILES string of the molecule is C[C@@H](OCc1ccccc1)[C@@](C)(N)S. The van der Waals surface area contributed by atoms with Gasteiger partial charge in [-0.15, -0.1) is 0 Å². The molecule has 0 heterocycles. The Morgan fingerprint density at radius 2 is 2.00 bits per heavy atom. The maximum absolute atomic E-state index is 5.78. The molecule has 0 amide bonds. The van der Waals surface area contributed by atoms with Crippen LogP contribution in [0.1, 0.15) is 19.4 Å². The molecule has 0 saturated heterocycles. The van der Waals surface area contributed by atoms with Crippen LogP contribution in [0.15, 0.2) is 30.3 Å². The molecule has 0 fully saturated rings. The van der Waals surface area contributed by atoms with E-state index >= 15 is 0 Å². The lowest BCUT2D eigenvalue weighted by Gasteiger charge is -2.26. The molecule has 78 valence electrons. The number of hydrogen-bond acceptors (Lipinski definition) is 3. The van der Waals surface area contributed by atoms with E-state index in [1.807, 2.05) is 44.2 Å². The van der Waals surface area contributed by atoms with Crippen molar-refractivity contribution in [3.63, 3.8) is 0 Å². The molecule has 0 radical (unpaired) electrons. The maximum atomic E-state index is 5.78. The van der Waals surface area contributed by atoms with Crippen LogP contribution in [0.25, 0.3) is 0 Å². The molecule has 0 saturated carbocycles. The van der Waals surface area contributed by atoms with Crippen LogP contribution in [-0.4, -0.2) is 11.0 Å². The largest absolute Gasteiger partial charge is 0.371 e. The molecule has 2 N–H and O–H groups in total. The number of rotatable bonds is 4. The third kappa shape index (κ3) is 3.70. The Balaban J connectivity index is 2.42. The van der Waals surface area contributed by atoms with E-state index in [1.165, 1.54) is 0 Å². The average molecular weight is 211 g/mol. The Morgan fingerprint density at radius 1 is 1.43 bits per heavy atom. The molecular formula is C11H17NOS. The number of ether oxygens (including phenoxy) is 1. The summed E-state index contributed by atoms with van der Waals surface area (Å²) >= 11 is 4.25. The summed E-state index contributed by atoms with van der Waals surface area (Å²) in [5.41, 5.74) is 6.93. The lowest BCUT2D eigenvalue weighted by atomic mass is 10.2. The van der Waals surface area contributed by atoms with Crippen molar-refractivity contribution in [3.8, 4) is 0 Å². The fraction of sp³-hybridized carbons (Fsp3) is 0.455. The first-order valence-electron chi connectivity index (χ1n) is 4.67. The highest BCUT2D eigenvalue weighted by molar-refractivity contribution is 7.81. The van der Waals surface area contributed by atoms with Gasteiger partial charge >= 0.3 is 0 Å². The Bertz CT molecular complexity index is 268. The zero-order valence-corrected chi connectivity index (χ0v) is 9.50. The van der Waals surface area contributed by atoms with Crippen LogP contribution < -0.4 is 5.73 Å². The van der Waals surface area contributed by atoms with Crippen LogP contribution in [0.4, 0.5) is 0 Å². The Kier molecular flexibility index (Phi) is 3.98. The Hall–Kier alpha value is -0.510. The van der Waals surface area contributed by atoms with E-state index in [0.29, 0.717) is 6.61 Å². The van der Waals surface area contributed by atoms with E-state index in [1.54, 1.807) is 0 Å². The predicted molar refractivity (Wildman–Crippen MR) is 62.3 cm³/mol. The first kappa shape index (κ1) is 11.6. The Labute approximate surface area is 90.9 Å². The number of hydrogen-bond donors (Lipinski definition) is 2. The fourth-order valence-corrected chi connectivity index (χ4v) is 1.04. The summed E-state index contributed by atoms with van der Waals surface area (Å²) in [5.74, 6) is 0. The van der Waals surface area contributed by atoms with Crippen LogP contribution in [0, 0.1) is 0 Å². The molecule has 14 heavy (non-hydrogen) atoms. The van der Waals surface area contributed by atoms with Crippen molar-refractivity contribution in [1.29, 1.82) is 0 Å². The molecule has 0 aromatic heterocycles. The van der Waals surface area contributed by atoms with Gasteiger partial charge in [0.2, 0.25) is 0 Å². The summed E-state index contributed by atoms with van der Waals surface area (Å²) in [6.07, 6.45) is -0.0777. The molecule has 3 heteroatoms. The lowest BCUT2D eigenvalue weighted by Crippen LogP contribution is -2.42. The van der Waals surface area contributed by atoms with E-state index < -0.39 is 4.87 Å². The molecule has 0 aliphatic carbocycles. The van der Waals surface area contributed by atoms with Crippen molar-refractivity contribution in [2.24, 2.45) is 5.73 Å². The highest BCUT2D eigenvalue weighted by Gasteiger charge is 2.22. The van der Waals surface area contributed by atoms with Crippen LogP contribution in [-0.2, 0) is 11.3 Å². The van der Waals surface area contributed by atoms with Crippen molar-refractivity contribution in [2.45, 2.75) is 31.4 Å². The second kappa shape index (κ2) is 4.82. The topological polar surface area (TPSA) is 35.2 Å². The minimum absolute atomic E-state index is 0.0777. The molecule has 0 unspecified atom stereocenters. The first-order chi connectivity index (χ1) is 6.50. The molecule has 2 atom stereocenters. The van der Waals surface area contributed by atoms with Crippen LogP contribution >= 0.6 is 12.6 Å². The Morgan fingerprint density at radius 3 is 2.50 bits per heavy atom. The van der Waals surface area contributed by atoms with E-state index in [2.05, 4.69) is 12.6 Å². The number of benzene rings is 1. The standard InChI is InChI=1S/C11H17NOS/c1-9(11(2,12)14)13-8-10-6-4-3-5-7-10/h3-7,9,14H,8,12H2,1-2H3/t9-,11+/m1/s1. The molecule has 0 aliphatic rings. The normalized spacial score (nSPS) is 17.4. The lowest BCUT2D eigenvalue weighted by molar-refractivity contribution is 0.0319. The molecule has 0 spiro atoms. The van der Waals surface area contributed by atoms with Gasteiger partial charge in [-0.2, -0.15) is 12.6 Å². The average Bonchev–Trinajstić information content (AvgIpc) is 2.14. The van der Waals surface area contributed by atoms with E-state index in [9.17, 15) is 0 Å². The minimum atomic E-state index is -0.589. The zero-order chi connectivity index (χ0) is 10.6. The summed E-state index contributed by atoms with van der Waals surface area (Å²) in [6, 6.07) is 10.0. The third-order valence-corrected chi connectivity index (χ3v) is 2.53. The highest BCUT2D eigenvalue weighted by Crippen LogP contribution is 2.15. The second-order valence-electron chi connectivity index (χ2n) is 3.66. The van der Waals surface area contributed by atoms with Crippen molar-refractivity contribution >= 4 is 12.6 Å². The van der Waals surface area contributed by atoms with Gasteiger partial charge in [-0.1, -0.05) is 30.3 Å². The van der Waals surface area contributed by atoms with Gasteiger partial charge in [0.25, 0.3) is 0 Å². The second-order valence-corrected chi connectivity index (χ2v) is 4.63. The fourth-order valence-electron chi connectivity index (χ4n) is 0.964. The van der Waals surface area contributed by atoms with Crippen molar-refractivity contribution in [1.82, 2.24) is 0 Å². The number of nitrogens with two attached hydrogens (primary N) is 1. The van der Waals surface area contributed by atoms with Gasteiger partial charge in [-0.05, 0) is 19.4 Å². The molecular weight excluding hydrogens is 194 g/mol. The van der Waals surface area contributed by atoms with Gasteiger partial charge in [0, 0.05) is 0 Å². The predicted octanol–water partition coefficient (Wildman–Crippen LogP) is 2.20. The van der Waals surface area contributed by atoms with Crippen LogP contribution in [0.5, 0.6) is 0 Å². The summed E-state index contributed by atoms with van der Waals surface area (Å²) < 4.78 is 5.59. The number of thiol groups is 1. The summed E-state index contributed by atoms with van der Waals surface area (Å²) in [5, 5.41) is 0.